The first-order valence-corrected chi connectivity index (χ1v) is 7.05. The maximum Gasteiger partial charge on any atom is 0.319 e. The molecule has 1 aromatic rings. The molecule has 116 valence electrons. The second kappa shape index (κ2) is 6.67. The number of urea groups is 1. The highest BCUT2D eigenvalue weighted by atomic mass is 16.5. The van der Waals surface area contributed by atoms with Crippen LogP contribution in [0.25, 0.3) is 0 Å². The summed E-state index contributed by atoms with van der Waals surface area (Å²) in [5.74, 6) is 1.19. The standard InChI is InChI=1S/C15H22N2O4/c1-20-12-7-11(8-13(9-12)21-2)17-14(18)16-10-15(19)5-3-4-6-15/h7-9,19H,3-6,10H2,1-2H3,(H2,16,17,18). The monoisotopic (exact) mass is 294 g/mol. The van der Waals surface area contributed by atoms with E-state index in [2.05, 4.69) is 10.6 Å². The molecule has 0 bridgehead atoms. The van der Waals surface area contributed by atoms with Crippen LogP contribution in [0.1, 0.15) is 25.7 Å². The van der Waals surface area contributed by atoms with Gasteiger partial charge in [-0.05, 0) is 12.8 Å². The minimum atomic E-state index is -0.761. The molecule has 1 aliphatic carbocycles. The van der Waals surface area contributed by atoms with Crippen LogP contribution in [-0.4, -0.2) is 37.5 Å². The Hall–Kier alpha value is -1.95. The van der Waals surface area contributed by atoms with Gasteiger partial charge in [-0.3, -0.25) is 0 Å². The Kier molecular flexibility index (Phi) is 4.90. The normalized spacial score (nSPS) is 16.3. The fourth-order valence-electron chi connectivity index (χ4n) is 2.51. The molecule has 0 saturated heterocycles. The molecule has 21 heavy (non-hydrogen) atoms. The van der Waals surface area contributed by atoms with E-state index in [0.29, 0.717) is 17.2 Å². The highest BCUT2D eigenvalue weighted by molar-refractivity contribution is 5.89. The highest BCUT2D eigenvalue weighted by Crippen LogP contribution is 2.29. The highest BCUT2D eigenvalue weighted by Gasteiger charge is 2.31. The van der Waals surface area contributed by atoms with Gasteiger partial charge in [-0.2, -0.15) is 0 Å². The van der Waals surface area contributed by atoms with Gasteiger partial charge < -0.3 is 25.2 Å². The van der Waals surface area contributed by atoms with E-state index in [1.807, 2.05) is 0 Å². The number of hydrogen-bond acceptors (Lipinski definition) is 4. The fourth-order valence-corrected chi connectivity index (χ4v) is 2.51. The summed E-state index contributed by atoms with van der Waals surface area (Å²) in [5.41, 5.74) is -0.189. The van der Waals surface area contributed by atoms with Crippen molar-refractivity contribution < 1.29 is 19.4 Å². The number of methoxy groups -OCH3 is 2. The summed E-state index contributed by atoms with van der Waals surface area (Å²) >= 11 is 0. The van der Waals surface area contributed by atoms with Crippen molar-refractivity contribution in [2.75, 3.05) is 26.1 Å². The molecule has 0 unspecified atom stereocenters. The lowest BCUT2D eigenvalue weighted by Gasteiger charge is -2.22. The van der Waals surface area contributed by atoms with Crippen LogP contribution in [0.5, 0.6) is 11.5 Å². The number of carbonyl (C=O) groups excluding carboxylic acids is 1. The predicted molar refractivity (Wildman–Crippen MR) is 80.0 cm³/mol. The number of rotatable bonds is 5. The maximum absolute atomic E-state index is 11.9. The number of benzene rings is 1. The summed E-state index contributed by atoms with van der Waals surface area (Å²) in [7, 11) is 3.10. The van der Waals surface area contributed by atoms with E-state index >= 15 is 0 Å². The fraction of sp³-hybridized carbons (Fsp3) is 0.533. The van der Waals surface area contributed by atoms with Gasteiger partial charge in [0.2, 0.25) is 0 Å². The van der Waals surface area contributed by atoms with Crippen molar-refractivity contribution in [3.63, 3.8) is 0 Å². The summed E-state index contributed by atoms with van der Waals surface area (Å²) in [5, 5.41) is 15.6. The summed E-state index contributed by atoms with van der Waals surface area (Å²) in [6.45, 7) is 0.264. The van der Waals surface area contributed by atoms with Crippen molar-refractivity contribution in [1.82, 2.24) is 5.32 Å². The summed E-state index contributed by atoms with van der Waals surface area (Å²) in [4.78, 5) is 11.9. The zero-order valence-corrected chi connectivity index (χ0v) is 12.4. The van der Waals surface area contributed by atoms with Crippen LogP contribution < -0.4 is 20.1 Å². The van der Waals surface area contributed by atoms with Crippen molar-refractivity contribution in [3.8, 4) is 11.5 Å². The van der Waals surface area contributed by atoms with Gasteiger partial charge in [-0.25, -0.2) is 4.79 Å². The van der Waals surface area contributed by atoms with Crippen molar-refractivity contribution >= 4 is 11.7 Å². The zero-order valence-electron chi connectivity index (χ0n) is 12.4. The molecule has 0 spiro atoms. The Bertz CT molecular complexity index is 476. The maximum atomic E-state index is 11.9. The van der Waals surface area contributed by atoms with E-state index in [9.17, 15) is 9.90 Å². The van der Waals surface area contributed by atoms with Gasteiger partial charge in [0.25, 0.3) is 0 Å². The summed E-state index contributed by atoms with van der Waals surface area (Å²) in [6.07, 6.45) is 3.49. The molecule has 1 aromatic carbocycles. The van der Waals surface area contributed by atoms with E-state index in [1.54, 1.807) is 32.4 Å². The van der Waals surface area contributed by atoms with Gasteiger partial charge in [-0.15, -0.1) is 0 Å². The number of anilines is 1. The van der Waals surface area contributed by atoms with E-state index in [-0.39, 0.29) is 12.6 Å². The molecule has 0 aliphatic heterocycles. The molecule has 2 amide bonds. The van der Waals surface area contributed by atoms with Gasteiger partial charge in [0.15, 0.2) is 0 Å². The smallest absolute Gasteiger partial charge is 0.319 e. The van der Waals surface area contributed by atoms with Crippen LogP contribution >= 0.6 is 0 Å². The molecule has 6 heteroatoms. The van der Waals surface area contributed by atoms with Gasteiger partial charge in [0, 0.05) is 30.4 Å². The molecule has 2 rings (SSSR count). The third-order valence-electron chi connectivity index (χ3n) is 3.72. The van der Waals surface area contributed by atoms with Gasteiger partial charge in [0.1, 0.15) is 11.5 Å². The van der Waals surface area contributed by atoms with Crippen LogP contribution in [0.15, 0.2) is 18.2 Å². The zero-order chi connectivity index (χ0) is 15.3. The topological polar surface area (TPSA) is 79.8 Å². The third-order valence-corrected chi connectivity index (χ3v) is 3.72. The van der Waals surface area contributed by atoms with Gasteiger partial charge >= 0.3 is 6.03 Å². The first kappa shape index (κ1) is 15.4. The first-order valence-electron chi connectivity index (χ1n) is 7.05. The quantitative estimate of drug-likeness (QED) is 0.777. The number of aliphatic hydroxyl groups is 1. The number of nitrogens with one attached hydrogen (secondary N) is 2. The average Bonchev–Trinajstić information content (AvgIpc) is 2.92. The molecular weight excluding hydrogens is 272 g/mol. The van der Waals surface area contributed by atoms with Crippen molar-refractivity contribution in [3.05, 3.63) is 18.2 Å². The van der Waals surface area contributed by atoms with E-state index in [4.69, 9.17) is 9.47 Å². The Morgan fingerprint density at radius 3 is 2.29 bits per heavy atom. The lowest BCUT2D eigenvalue weighted by Crippen LogP contribution is -2.42. The van der Waals surface area contributed by atoms with E-state index in [1.165, 1.54) is 0 Å². The molecule has 0 heterocycles. The Morgan fingerprint density at radius 1 is 1.19 bits per heavy atom. The molecule has 0 radical (unpaired) electrons. The third kappa shape index (κ3) is 4.26. The molecular formula is C15H22N2O4. The van der Waals surface area contributed by atoms with Crippen LogP contribution in [0.4, 0.5) is 10.5 Å². The molecule has 6 nitrogen and oxygen atoms in total. The molecule has 1 aliphatic rings. The van der Waals surface area contributed by atoms with Gasteiger partial charge in [0.05, 0.1) is 19.8 Å². The van der Waals surface area contributed by atoms with E-state index in [0.717, 1.165) is 25.7 Å². The van der Waals surface area contributed by atoms with Crippen LogP contribution in [0.2, 0.25) is 0 Å². The van der Waals surface area contributed by atoms with Crippen LogP contribution in [0.3, 0.4) is 0 Å². The number of hydrogen-bond donors (Lipinski definition) is 3. The molecule has 0 aromatic heterocycles. The van der Waals surface area contributed by atoms with Crippen LogP contribution in [-0.2, 0) is 0 Å². The van der Waals surface area contributed by atoms with Gasteiger partial charge in [-0.1, -0.05) is 12.8 Å². The number of carbonyl (C=O) groups is 1. The van der Waals surface area contributed by atoms with E-state index < -0.39 is 5.60 Å². The van der Waals surface area contributed by atoms with Crippen molar-refractivity contribution in [2.24, 2.45) is 0 Å². The number of amides is 2. The lowest BCUT2D eigenvalue weighted by molar-refractivity contribution is 0.0506. The minimum Gasteiger partial charge on any atom is -0.497 e. The molecule has 1 saturated carbocycles. The minimum absolute atomic E-state index is 0.264. The van der Waals surface area contributed by atoms with Crippen molar-refractivity contribution in [2.45, 2.75) is 31.3 Å². The lowest BCUT2D eigenvalue weighted by atomic mass is 10.0. The molecule has 3 N–H and O–H groups in total. The second-order valence-electron chi connectivity index (χ2n) is 5.34. The molecule has 1 fully saturated rings. The second-order valence-corrected chi connectivity index (χ2v) is 5.34. The Morgan fingerprint density at radius 2 is 1.76 bits per heavy atom. The first-order chi connectivity index (χ1) is 10.0. The Labute approximate surface area is 124 Å². The number of ether oxygens (including phenoxy) is 2. The van der Waals surface area contributed by atoms with Crippen molar-refractivity contribution in [1.29, 1.82) is 0 Å². The average molecular weight is 294 g/mol. The predicted octanol–water partition coefficient (Wildman–Crippen LogP) is 2.13. The largest absolute Gasteiger partial charge is 0.497 e. The summed E-state index contributed by atoms with van der Waals surface area (Å²) < 4.78 is 10.3. The molecule has 0 atom stereocenters. The Balaban J connectivity index is 1.92. The SMILES string of the molecule is COc1cc(NC(=O)NCC2(O)CCCC2)cc(OC)c1. The summed E-state index contributed by atoms with van der Waals surface area (Å²) in [6, 6.07) is 4.77. The van der Waals surface area contributed by atoms with Crippen LogP contribution in [0, 0.1) is 0 Å².